The minimum Gasteiger partial charge on any atom is -0.345 e. The number of hydrogen-bond acceptors (Lipinski definition) is 9. The minimum absolute atomic E-state index is 0.265. The molecule has 2 rings (SSSR count). The first kappa shape index (κ1) is 13.0. The highest BCUT2D eigenvalue weighted by molar-refractivity contribution is 5.81. The van der Waals surface area contributed by atoms with Gasteiger partial charge in [0.15, 0.2) is 11.8 Å². The number of nitrogens with zero attached hydrogens (tertiary/aromatic N) is 5. The molecule has 0 bridgehead atoms. The highest BCUT2D eigenvalue weighted by Gasteiger charge is 2.33. The molecule has 2 aromatic rings. The van der Waals surface area contributed by atoms with Crippen LogP contribution >= 0.6 is 0 Å². The Hall–Kier alpha value is -3.44. The smallest absolute Gasteiger partial charge is 0.292 e. The van der Waals surface area contributed by atoms with Gasteiger partial charge in [-0.2, -0.15) is 0 Å². The zero-order chi connectivity index (χ0) is 14.9. The monoisotopic (exact) mass is 281 g/mol. The summed E-state index contributed by atoms with van der Waals surface area (Å²) < 4.78 is 4.38. The highest BCUT2D eigenvalue weighted by Crippen LogP contribution is 2.40. The van der Waals surface area contributed by atoms with Crippen molar-refractivity contribution in [2.75, 3.05) is 0 Å². The molecule has 0 amide bonds. The van der Waals surface area contributed by atoms with E-state index < -0.39 is 37.4 Å². The summed E-state index contributed by atoms with van der Waals surface area (Å²) in [6, 6.07) is 1.22. The SMILES string of the molecule is O=[N+]([O-])c1cc([N+](=O)[O-])c(-c2conn2)c([N+](=O)[O-])c1. The number of hydrogen-bond donors (Lipinski definition) is 0. The molecule has 0 N–H and O–H groups in total. The maximum absolute atomic E-state index is 10.9. The van der Waals surface area contributed by atoms with Crippen LogP contribution in [0.5, 0.6) is 0 Å². The summed E-state index contributed by atoms with van der Waals surface area (Å²) in [6.45, 7) is 0. The lowest BCUT2D eigenvalue weighted by Crippen LogP contribution is -2.00. The average Bonchev–Trinajstić information content (AvgIpc) is 2.90. The molecule has 1 heterocycles. The Bertz CT molecular complexity index is 675. The molecule has 1 aromatic carbocycles. The van der Waals surface area contributed by atoms with E-state index in [9.17, 15) is 30.3 Å². The van der Waals surface area contributed by atoms with Crippen molar-refractivity contribution in [3.05, 3.63) is 48.7 Å². The van der Waals surface area contributed by atoms with Crippen LogP contribution in [0.1, 0.15) is 0 Å². The molecule has 0 fully saturated rings. The third-order valence-corrected chi connectivity index (χ3v) is 2.30. The summed E-state index contributed by atoms with van der Waals surface area (Å²) in [4.78, 5) is 29.6. The lowest BCUT2D eigenvalue weighted by atomic mass is 10.1. The molecular weight excluding hydrogens is 278 g/mol. The van der Waals surface area contributed by atoms with Gasteiger partial charge in [0.1, 0.15) is 5.69 Å². The van der Waals surface area contributed by atoms with E-state index >= 15 is 0 Å². The van der Waals surface area contributed by atoms with Crippen LogP contribution in [0.2, 0.25) is 0 Å². The highest BCUT2D eigenvalue weighted by atomic mass is 16.6. The molecule has 0 aliphatic heterocycles. The third kappa shape index (κ3) is 2.12. The van der Waals surface area contributed by atoms with Gasteiger partial charge in [-0.05, 0) is 0 Å². The van der Waals surface area contributed by atoms with Crippen LogP contribution in [0.3, 0.4) is 0 Å². The number of aromatic nitrogens is 2. The summed E-state index contributed by atoms with van der Waals surface area (Å²) in [5, 5.41) is 39.0. The standard InChI is InChI=1S/C8H3N5O7/c14-11(15)4-1-6(12(16)17)8(5-3-20-10-9-5)7(2-4)13(18)19/h1-3H. The molecule has 0 spiro atoms. The molecule has 0 atom stereocenters. The van der Waals surface area contributed by atoms with Gasteiger partial charge < -0.3 is 4.52 Å². The summed E-state index contributed by atoms with van der Waals surface area (Å²) in [5.41, 5.74) is -3.21. The number of benzene rings is 1. The van der Waals surface area contributed by atoms with Crippen LogP contribution in [0, 0.1) is 30.3 Å². The van der Waals surface area contributed by atoms with Crippen molar-refractivity contribution in [2.45, 2.75) is 0 Å². The second-order valence-electron chi connectivity index (χ2n) is 3.42. The van der Waals surface area contributed by atoms with E-state index in [1.807, 2.05) is 0 Å². The Morgan fingerprint density at radius 2 is 1.50 bits per heavy atom. The van der Waals surface area contributed by atoms with Crippen molar-refractivity contribution in [1.29, 1.82) is 0 Å². The van der Waals surface area contributed by atoms with Gasteiger partial charge in [-0.15, -0.1) is 5.10 Å². The van der Waals surface area contributed by atoms with Gasteiger partial charge in [0.2, 0.25) is 0 Å². The van der Waals surface area contributed by atoms with Crippen LogP contribution in [0.25, 0.3) is 11.3 Å². The van der Waals surface area contributed by atoms with Crippen molar-refractivity contribution in [3.8, 4) is 11.3 Å². The zero-order valence-corrected chi connectivity index (χ0v) is 9.33. The van der Waals surface area contributed by atoms with Crippen molar-refractivity contribution in [2.24, 2.45) is 0 Å². The van der Waals surface area contributed by atoms with E-state index in [1.54, 1.807) is 0 Å². The predicted molar refractivity (Wildman–Crippen MR) is 59.7 cm³/mol. The zero-order valence-electron chi connectivity index (χ0n) is 9.33. The van der Waals surface area contributed by atoms with Gasteiger partial charge >= 0.3 is 0 Å². The van der Waals surface area contributed by atoms with Crippen LogP contribution < -0.4 is 0 Å². The summed E-state index contributed by atoms with van der Waals surface area (Å²) in [6.07, 6.45) is 0.862. The number of nitro benzene ring substituents is 3. The predicted octanol–water partition coefficient (Wildman–Crippen LogP) is 1.46. The van der Waals surface area contributed by atoms with Crippen LogP contribution in [-0.2, 0) is 0 Å². The topological polar surface area (TPSA) is 168 Å². The molecule has 0 saturated heterocycles. The van der Waals surface area contributed by atoms with Gasteiger partial charge in [-0.25, -0.2) is 0 Å². The number of non-ortho nitro benzene ring substituents is 1. The lowest BCUT2D eigenvalue weighted by Gasteiger charge is -2.01. The van der Waals surface area contributed by atoms with Crippen molar-refractivity contribution in [1.82, 2.24) is 10.4 Å². The fraction of sp³-hybridized carbons (Fsp3) is 0. The van der Waals surface area contributed by atoms with Crippen LogP contribution in [-0.4, -0.2) is 25.1 Å². The third-order valence-electron chi connectivity index (χ3n) is 2.30. The maximum atomic E-state index is 10.9. The Morgan fingerprint density at radius 3 is 1.85 bits per heavy atom. The molecule has 0 unspecified atom stereocenters. The second-order valence-corrected chi connectivity index (χ2v) is 3.42. The normalized spacial score (nSPS) is 10.2. The summed E-state index contributed by atoms with van der Waals surface area (Å²) in [5.74, 6) is 0. The van der Waals surface area contributed by atoms with Crippen LogP contribution in [0.15, 0.2) is 22.9 Å². The fourth-order valence-corrected chi connectivity index (χ4v) is 1.53. The van der Waals surface area contributed by atoms with E-state index in [0.29, 0.717) is 12.1 Å². The first-order valence-electron chi connectivity index (χ1n) is 4.80. The van der Waals surface area contributed by atoms with Gasteiger partial charge in [0.25, 0.3) is 17.1 Å². The molecule has 1 aromatic heterocycles. The van der Waals surface area contributed by atoms with Crippen molar-refractivity contribution >= 4 is 17.1 Å². The first-order valence-corrected chi connectivity index (χ1v) is 4.80. The molecular formula is C8H3N5O7. The van der Waals surface area contributed by atoms with Crippen molar-refractivity contribution < 1.29 is 19.3 Å². The molecule has 0 aliphatic carbocycles. The average molecular weight is 281 g/mol. The molecule has 12 heteroatoms. The second kappa shape index (κ2) is 4.68. The van der Waals surface area contributed by atoms with E-state index in [0.717, 1.165) is 6.26 Å². The molecule has 0 saturated carbocycles. The number of rotatable bonds is 4. The number of nitro groups is 3. The van der Waals surface area contributed by atoms with Gasteiger partial charge in [0, 0.05) is 5.27 Å². The summed E-state index contributed by atoms with van der Waals surface area (Å²) >= 11 is 0. The van der Waals surface area contributed by atoms with Crippen LogP contribution in [0.4, 0.5) is 17.1 Å². The van der Waals surface area contributed by atoms with Gasteiger partial charge in [0.05, 0.1) is 26.9 Å². The Balaban J connectivity index is 2.85. The largest absolute Gasteiger partial charge is 0.345 e. The molecule has 20 heavy (non-hydrogen) atoms. The Kier molecular flexibility index (Phi) is 3.04. The first-order chi connectivity index (χ1) is 9.41. The maximum Gasteiger partial charge on any atom is 0.292 e. The molecule has 0 radical (unpaired) electrons. The summed E-state index contributed by atoms with van der Waals surface area (Å²) in [7, 11) is 0. The molecule has 102 valence electrons. The minimum atomic E-state index is -0.982. The van der Waals surface area contributed by atoms with E-state index in [1.165, 1.54) is 0 Å². The van der Waals surface area contributed by atoms with E-state index in [-0.39, 0.29) is 5.69 Å². The van der Waals surface area contributed by atoms with Gasteiger partial charge in [-0.3, -0.25) is 30.3 Å². The van der Waals surface area contributed by atoms with E-state index in [4.69, 9.17) is 0 Å². The quantitative estimate of drug-likeness (QED) is 0.594. The lowest BCUT2D eigenvalue weighted by molar-refractivity contribution is -0.402. The van der Waals surface area contributed by atoms with E-state index in [2.05, 4.69) is 14.9 Å². The fourth-order valence-electron chi connectivity index (χ4n) is 1.53. The van der Waals surface area contributed by atoms with Gasteiger partial charge in [-0.1, -0.05) is 0 Å². The van der Waals surface area contributed by atoms with Crippen molar-refractivity contribution in [3.63, 3.8) is 0 Å². The molecule has 12 nitrogen and oxygen atoms in total. The Labute approximate surface area is 108 Å². The Morgan fingerprint density at radius 1 is 0.950 bits per heavy atom. The molecule has 0 aliphatic rings.